The lowest BCUT2D eigenvalue weighted by Crippen LogP contribution is -2.19. The standard InChI is InChI=1S/C26H21ClFN7O2/c27-21-12-17(3-4-22(21)28)31-19-9-18(30-16-1-2-16)10-20(11-19)32-23-5-6-35-25(33-23)15(13-29-35)7-14-8-24(36)34-26(14)37/h3-7,9-13,16,30-31H,1-2,8H2,(H,32,33)(H,34,36,37)/b14-7-. The van der Waals surface area contributed by atoms with E-state index in [4.69, 9.17) is 11.6 Å². The van der Waals surface area contributed by atoms with Crippen molar-refractivity contribution in [2.24, 2.45) is 0 Å². The van der Waals surface area contributed by atoms with E-state index in [0.29, 0.717) is 34.3 Å². The summed E-state index contributed by atoms with van der Waals surface area (Å²) in [4.78, 5) is 28.2. The number of imide groups is 1. The van der Waals surface area contributed by atoms with E-state index in [1.807, 2.05) is 18.2 Å². The van der Waals surface area contributed by atoms with Crippen molar-refractivity contribution in [1.29, 1.82) is 0 Å². The lowest BCUT2D eigenvalue weighted by Gasteiger charge is -2.14. The predicted octanol–water partition coefficient (Wildman–Crippen LogP) is 5.01. The summed E-state index contributed by atoms with van der Waals surface area (Å²) in [6, 6.07) is 12.6. The summed E-state index contributed by atoms with van der Waals surface area (Å²) in [6.45, 7) is 0. The van der Waals surface area contributed by atoms with Gasteiger partial charge in [-0.15, -0.1) is 0 Å². The lowest BCUT2D eigenvalue weighted by molar-refractivity contribution is -0.124. The summed E-state index contributed by atoms with van der Waals surface area (Å²) in [5, 5.41) is 16.7. The molecule has 1 aliphatic heterocycles. The number of anilines is 5. The van der Waals surface area contributed by atoms with E-state index in [2.05, 4.69) is 31.3 Å². The Balaban J connectivity index is 1.30. The minimum Gasteiger partial charge on any atom is -0.382 e. The average molecular weight is 518 g/mol. The Bertz CT molecular complexity index is 1600. The number of rotatable bonds is 7. The third kappa shape index (κ3) is 5.10. The summed E-state index contributed by atoms with van der Waals surface area (Å²) in [6.07, 6.45) is 7.27. The Labute approximate surface area is 215 Å². The number of halogens is 2. The zero-order valence-electron chi connectivity index (χ0n) is 19.4. The molecule has 0 radical (unpaired) electrons. The fraction of sp³-hybridized carbons (Fsp3) is 0.154. The maximum atomic E-state index is 13.6. The van der Waals surface area contributed by atoms with E-state index in [9.17, 15) is 14.0 Å². The lowest BCUT2D eigenvalue weighted by atomic mass is 10.1. The topological polar surface area (TPSA) is 112 Å². The molecule has 0 atom stereocenters. The van der Waals surface area contributed by atoms with Crippen molar-refractivity contribution in [3.8, 4) is 0 Å². The smallest absolute Gasteiger partial charge is 0.254 e. The van der Waals surface area contributed by atoms with Crippen molar-refractivity contribution in [3.05, 3.63) is 76.8 Å². The number of fused-ring (bicyclic) bond motifs is 1. The third-order valence-electron chi connectivity index (χ3n) is 5.98. The highest BCUT2D eigenvalue weighted by Gasteiger charge is 2.24. The number of hydrogen-bond acceptors (Lipinski definition) is 7. The van der Waals surface area contributed by atoms with Gasteiger partial charge in [0.25, 0.3) is 5.91 Å². The fourth-order valence-corrected chi connectivity index (χ4v) is 4.25. The number of carbonyl (C=O) groups is 2. The Morgan fingerprint density at radius 2 is 1.81 bits per heavy atom. The van der Waals surface area contributed by atoms with Crippen molar-refractivity contribution >= 4 is 63.7 Å². The zero-order valence-corrected chi connectivity index (χ0v) is 20.1. The summed E-state index contributed by atoms with van der Waals surface area (Å²) in [5.41, 5.74) is 4.68. The van der Waals surface area contributed by atoms with E-state index in [0.717, 1.165) is 29.9 Å². The Hall–Kier alpha value is -4.44. The van der Waals surface area contributed by atoms with E-state index in [1.54, 1.807) is 35.1 Å². The van der Waals surface area contributed by atoms with Crippen LogP contribution in [0.1, 0.15) is 24.8 Å². The molecule has 1 saturated carbocycles. The summed E-state index contributed by atoms with van der Waals surface area (Å²) in [5.74, 6) is -0.634. The molecule has 2 aliphatic rings. The molecule has 9 nitrogen and oxygen atoms in total. The van der Waals surface area contributed by atoms with Crippen molar-refractivity contribution in [2.45, 2.75) is 25.3 Å². The summed E-state index contributed by atoms with van der Waals surface area (Å²) < 4.78 is 15.2. The average Bonchev–Trinajstić information content (AvgIpc) is 3.49. The van der Waals surface area contributed by atoms with Gasteiger partial charge in [-0.3, -0.25) is 14.9 Å². The summed E-state index contributed by atoms with van der Waals surface area (Å²) >= 11 is 5.95. The van der Waals surface area contributed by atoms with E-state index in [-0.39, 0.29) is 17.4 Å². The van der Waals surface area contributed by atoms with Gasteiger partial charge >= 0.3 is 0 Å². The van der Waals surface area contributed by atoms with E-state index < -0.39 is 11.7 Å². The number of nitrogens with one attached hydrogen (secondary N) is 4. The molecular formula is C26H21ClFN7O2. The molecule has 1 aliphatic carbocycles. The van der Waals surface area contributed by atoms with Gasteiger partial charge in [-0.25, -0.2) is 13.9 Å². The Morgan fingerprint density at radius 3 is 2.54 bits per heavy atom. The maximum absolute atomic E-state index is 13.6. The SMILES string of the molecule is O=C1C/C(=C/c2cnn3ccc(Nc4cc(Nc5ccc(F)c(Cl)c5)cc(NC5CC5)c4)nc23)C(=O)N1. The predicted molar refractivity (Wildman–Crippen MR) is 140 cm³/mol. The highest BCUT2D eigenvalue weighted by molar-refractivity contribution is 6.31. The van der Waals surface area contributed by atoms with Gasteiger partial charge in [0.2, 0.25) is 5.91 Å². The second-order valence-electron chi connectivity index (χ2n) is 9.00. The van der Waals surface area contributed by atoms with Gasteiger partial charge in [0, 0.05) is 46.1 Å². The van der Waals surface area contributed by atoms with Gasteiger partial charge in [0.15, 0.2) is 5.65 Å². The molecule has 6 rings (SSSR count). The van der Waals surface area contributed by atoms with Gasteiger partial charge in [0.1, 0.15) is 11.6 Å². The number of aromatic nitrogens is 3. The van der Waals surface area contributed by atoms with Crippen LogP contribution in [0.2, 0.25) is 5.02 Å². The monoisotopic (exact) mass is 517 g/mol. The van der Waals surface area contributed by atoms with Crippen molar-refractivity contribution in [2.75, 3.05) is 16.0 Å². The van der Waals surface area contributed by atoms with Gasteiger partial charge in [-0.2, -0.15) is 5.10 Å². The molecular weight excluding hydrogens is 497 g/mol. The van der Waals surface area contributed by atoms with Crippen LogP contribution < -0.4 is 21.3 Å². The van der Waals surface area contributed by atoms with Crippen LogP contribution in [-0.2, 0) is 9.59 Å². The molecule has 37 heavy (non-hydrogen) atoms. The first-order valence-corrected chi connectivity index (χ1v) is 12.1. The minimum absolute atomic E-state index is 0.0317. The molecule has 3 heterocycles. The Morgan fingerprint density at radius 1 is 1.03 bits per heavy atom. The van der Waals surface area contributed by atoms with E-state index >= 15 is 0 Å². The molecule has 186 valence electrons. The highest BCUT2D eigenvalue weighted by Crippen LogP contribution is 2.32. The van der Waals surface area contributed by atoms with Gasteiger partial charge in [0.05, 0.1) is 17.6 Å². The third-order valence-corrected chi connectivity index (χ3v) is 6.27. The van der Waals surface area contributed by atoms with E-state index in [1.165, 1.54) is 12.1 Å². The molecule has 11 heteroatoms. The minimum atomic E-state index is -0.477. The number of amides is 2. The van der Waals surface area contributed by atoms with Crippen molar-refractivity contribution < 1.29 is 14.0 Å². The van der Waals surface area contributed by atoms with Crippen LogP contribution >= 0.6 is 11.6 Å². The second-order valence-corrected chi connectivity index (χ2v) is 9.41. The summed E-state index contributed by atoms with van der Waals surface area (Å²) in [7, 11) is 0. The molecule has 0 bridgehead atoms. The van der Waals surface area contributed by atoms with Crippen LogP contribution in [0.3, 0.4) is 0 Å². The molecule has 4 aromatic rings. The second kappa shape index (κ2) is 9.21. The normalized spacial score (nSPS) is 16.3. The molecule has 0 unspecified atom stereocenters. The van der Waals surface area contributed by atoms with Crippen LogP contribution in [0.15, 0.2) is 60.4 Å². The number of carbonyl (C=O) groups excluding carboxylic acids is 2. The molecule has 2 amide bonds. The first-order chi connectivity index (χ1) is 17.9. The maximum Gasteiger partial charge on any atom is 0.254 e. The van der Waals surface area contributed by atoms with Crippen molar-refractivity contribution in [3.63, 3.8) is 0 Å². The largest absolute Gasteiger partial charge is 0.382 e. The molecule has 2 aromatic heterocycles. The quantitative estimate of drug-likeness (QED) is 0.201. The van der Waals surface area contributed by atoms with Crippen LogP contribution in [0.4, 0.5) is 33.0 Å². The van der Waals surface area contributed by atoms with Crippen molar-refractivity contribution in [1.82, 2.24) is 19.9 Å². The van der Waals surface area contributed by atoms with Crippen LogP contribution in [0, 0.1) is 5.82 Å². The van der Waals surface area contributed by atoms with Crippen LogP contribution in [-0.4, -0.2) is 32.5 Å². The highest BCUT2D eigenvalue weighted by atomic mass is 35.5. The van der Waals surface area contributed by atoms with Gasteiger partial charge < -0.3 is 16.0 Å². The fourth-order valence-electron chi connectivity index (χ4n) is 4.07. The molecule has 2 aromatic carbocycles. The molecule has 0 spiro atoms. The molecule has 4 N–H and O–H groups in total. The number of nitrogens with zero attached hydrogens (tertiary/aromatic N) is 3. The number of hydrogen-bond donors (Lipinski definition) is 4. The molecule has 1 saturated heterocycles. The van der Waals surface area contributed by atoms with Gasteiger partial charge in [-0.1, -0.05) is 11.6 Å². The molecule has 2 fully saturated rings. The van der Waals surface area contributed by atoms with Crippen LogP contribution in [0.25, 0.3) is 11.7 Å². The first-order valence-electron chi connectivity index (χ1n) is 11.7. The number of benzene rings is 2. The Kier molecular flexibility index (Phi) is 5.72. The van der Waals surface area contributed by atoms with Crippen LogP contribution in [0.5, 0.6) is 0 Å². The van der Waals surface area contributed by atoms with Gasteiger partial charge in [-0.05, 0) is 61.4 Å². The zero-order chi connectivity index (χ0) is 25.5. The first kappa shape index (κ1) is 23.0.